The summed E-state index contributed by atoms with van der Waals surface area (Å²) in [6.07, 6.45) is -4.47. The van der Waals surface area contributed by atoms with Gasteiger partial charge in [-0.25, -0.2) is 0 Å². The Labute approximate surface area is 114 Å². The monoisotopic (exact) mass is 282 g/mol. The molecule has 0 radical (unpaired) electrons. The number of alkyl halides is 3. The van der Waals surface area contributed by atoms with Crippen LogP contribution in [0.3, 0.4) is 0 Å². The third-order valence-electron chi connectivity index (χ3n) is 2.74. The van der Waals surface area contributed by atoms with Gasteiger partial charge in [0.25, 0.3) is 0 Å². The van der Waals surface area contributed by atoms with Crippen molar-refractivity contribution in [3.8, 4) is 5.75 Å². The summed E-state index contributed by atoms with van der Waals surface area (Å²) in [6.45, 7) is 0. The van der Waals surface area contributed by atoms with Gasteiger partial charge in [-0.1, -0.05) is 0 Å². The highest BCUT2D eigenvalue weighted by atomic mass is 19.4. The molecule has 0 saturated carbocycles. The van der Waals surface area contributed by atoms with Crippen molar-refractivity contribution in [2.75, 3.05) is 18.2 Å². The van der Waals surface area contributed by atoms with Gasteiger partial charge in [0.1, 0.15) is 5.75 Å². The number of hydrogen-bond donors (Lipinski definition) is 2. The number of methoxy groups -OCH3 is 1. The molecule has 0 aliphatic carbocycles. The molecule has 6 heteroatoms. The number of nitrogens with one attached hydrogen (secondary N) is 1. The molecule has 2 aromatic carbocycles. The molecule has 0 amide bonds. The van der Waals surface area contributed by atoms with Crippen molar-refractivity contribution in [2.45, 2.75) is 6.18 Å². The minimum Gasteiger partial charge on any atom is -0.497 e. The van der Waals surface area contributed by atoms with Gasteiger partial charge in [-0.05, 0) is 42.5 Å². The molecule has 0 aromatic heterocycles. The molecule has 2 aromatic rings. The second-order valence-corrected chi connectivity index (χ2v) is 4.15. The topological polar surface area (TPSA) is 47.3 Å². The number of rotatable bonds is 3. The molecule has 0 saturated heterocycles. The first-order chi connectivity index (χ1) is 9.40. The number of anilines is 3. The summed E-state index contributed by atoms with van der Waals surface area (Å²) < 4.78 is 43.2. The smallest absolute Gasteiger partial charge is 0.418 e. The highest BCUT2D eigenvalue weighted by Gasteiger charge is 2.33. The molecule has 0 aliphatic heterocycles. The van der Waals surface area contributed by atoms with E-state index in [-0.39, 0.29) is 5.69 Å². The van der Waals surface area contributed by atoms with Gasteiger partial charge in [-0.3, -0.25) is 0 Å². The van der Waals surface area contributed by atoms with Crippen molar-refractivity contribution >= 4 is 17.1 Å². The zero-order chi connectivity index (χ0) is 14.8. The molecule has 0 spiro atoms. The molecule has 0 atom stereocenters. The lowest BCUT2D eigenvalue weighted by atomic mass is 10.1. The van der Waals surface area contributed by atoms with E-state index >= 15 is 0 Å². The van der Waals surface area contributed by atoms with Crippen molar-refractivity contribution < 1.29 is 17.9 Å². The SMILES string of the molecule is COc1ccc(Nc2ccc(N)c(C(F)(F)F)c2)cc1. The third kappa shape index (κ3) is 3.14. The Morgan fingerprint density at radius 3 is 2.15 bits per heavy atom. The summed E-state index contributed by atoms with van der Waals surface area (Å²) >= 11 is 0. The van der Waals surface area contributed by atoms with Crippen molar-refractivity contribution in [1.82, 2.24) is 0 Å². The Kier molecular flexibility index (Phi) is 3.74. The Morgan fingerprint density at radius 1 is 1.00 bits per heavy atom. The van der Waals surface area contributed by atoms with E-state index in [1.807, 2.05) is 0 Å². The Hall–Kier alpha value is -2.37. The number of benzene rings is 2. The number of hydrogen-bond acceptors (Lipinski definition) is 3. The maximum Gasteiger partial charge on any atom is 0.418 e. The van der Waals surface area contributed by atoms with Crippen molar-refractivity contribution in [3.05, 3.63) is 48.0 Å². The number of nitrogens with two attached hydrogens (primary N) is 1. The summed E-state index contributed by atoms with van der Waals surface area (Å²) in [7, 11) is 1.54. The van der Waals surface area contributed by atoms with E-state index in [1.165, 1.54) is 19.2 Å². The van der Waals surface area contributed by atoms with Gasteiger partial charge >= 0.3 is 6.18 Å². The second kappa shape index (κ2) is 5.32. The zero-order valence-electron chi connectivity index (χ0n) is 10.7. The lowest BCUT2D eigenvalue weighted by Crippen LogP contribution is -2.09. The Bertz CT molecular complexity index is 594. The van der Waals surface area contributed by atoms with Gasteiger partial charge in [-0.2, -0.15) is 13.2 Å². The van der Waals surface area contributed by atoms with Crippen LogP contribution in [0.2, 0.25) is 0 Å². The third-order valence-corrected chi connectivity index (χ3v) is 2.74. The summed E-state index contributed by atoms with van der Waals surface area (Å²) in [5.74, 6) is 0.670. The lowest BCUT2D eigenvalue weighted by molar-refractivity contribution is -0.136. The molecule has 0 bridgehead atoms. The van der Waals surface area contributed by atoms with Crippen LogP contribution in [-0.4, -0.2) is 7.11 Å². The summed E-state index contributed by atoms with van der Waals surface area (Å²) in [4.78, 5) is 0. The van der Waals surface area contributed by atoms with Crippen LogP contribution in [0.25, 0.3) is 0 Å². The van der Waals surface area contributed by atoms with Gasteiger partial charge in [0, 0.05) is 17.1 Å². The van der Waals surface area contributed by atoms with Crippen LogP contribution in [0.5, 0.6) is 5.75 Å². The molecule has 20 heavy (non-hydrogen) atoms. The average Bonchev–Trinajstić information content (AvgIpc) is 2.40. The van der Waals surface area contributed by atoms with E-state index in [2.05, 4.69) is 5.32 Å². The van der Waals surface area contributed by atoms with E-state index < -0.39 is 11.7 Å². The highest BCUT2D eigenvalue weighted by molar-refractivity contribution is 5.65. The predicted molar refractivity (Wildman–Crippen MR) is 72.1 cm³/mol. The molecule has 0 fully saturated rings. The molecule has 0 aliphatic rings. The standard InChI is InChI=1S/C14H13F3N2O/c1-20-11-5-2-9(3-6-11)19-10-4-7-13(18)12(8-10)14(15,16)17/h2-8,19H,18H2,1H3. The van der Waals surface area contributed by atoms with Gasteiger partial charge in [0.15, 0.2) is 0 Å². The van der Waals surface area contributed by atoms with E-state index in [0.717, 1.165) is 6.07 Å². The summed E-state index contributed by atoms with van der Waals surface area (Å²) in [5.41, 5.74) is 5.17. The first kappa shape index (κ1) is 14.0. The zero-order valence-corrected chi connectivity index (χ0v) is 10.7. The fourth-order valence-electron chi connectivity index (χ4n) is 1.72. The first-order valence-electron chi connectivity index (χ1n) is 5.78. The van der Waals surface area contributed by atoms with Gasteiger partial charge in [0.2, 0.25) is 0 Å². The maximum atomic E-state index is 12.7. The van der Waals surface area contributed by atoms with E-state index in [4.69, 9.17) is 10.5 Å². The number of halogens is 3. The molecule has 106 valence electrons. The van der Waals surface area contributed by atoms with Gasteiger partial charge in [-0.15, -0.1) is 0 Å². The van der Waals surface area contributed by atoms with Crippen LogP contribution in [-0.2, 0) is 6.18 Å². The van der Waals surface area contributed by atoms with Crippen LogP contribution >= 0.6 is 0 Å². The first-order valence-corrected chi connectivity index (χ1v) is 5.78. The van der Waals surface area contributed by atoms with E-state index in [9.17, 15) is 13.2 Å². The van der Waals surface area contributed by atoms with Gasteiger partial charge in [0.05, 0.1) is 12.7 Å². The van der Waals surface area contributed by atoms with Crippen LogP contribution in [0, 0.1) is 0 Å². The van der Waals surface area contributed by atoms with Crippen molar-refractivity contribution in [1.29, 1.82) is 0 Å². The molecule has 2 rings (SSSR count). The van der Waals surface area contributed by atoms with Crippen LogP contribution in [0.1, 0.15) is 5.56 Å². The van der Waals surface area contributed by atoms with E-state index in [0.29, 0.717) is 17.1 Å². The second-order valence-electron chi connectivity index (χ2n) is 4.15. The lowest BCUT2D eigenvalue weighted by Gasteiger charge is -2.13. The Morgan fingerprint density at radius 2 is 1.60 bits per heavy atom. The molecule has 0 unspecified atom stereocenters. The number of ether oxygens (including phenoxy) is 1. The van der Waals surface area contributed by atoms with Crippen LogP contribution in [0.15, 0.2) is 42.5 Å². The van der Waals surface area contributed by atoms with Crippen LogP contribution in [0.4, 0.5) is 30.2 Å². The maximum absolute atomic E-state index is 12.7. The largest absolute Gasteiger partial charge is 0.497 e. The molecule has 3 nitrogen and oxygen atoms in total. The number of nitrogen functional groups attached to an aromatic ring is 1. The van der Waals surface area contributed by atoms with E-state index in [1.54, 1.807) is 24.3 Å². The Balaban J connectivity index is 2.25. The predicted octanol–water partition coefficient (Wildman–Crippen LogP) is 4.04. The van der Waals surface area contributed by atoms with Crippen LogP contribution < -0.4 is 15.8 Å². The summed E-state index contributed by atoms with van der Waals surface area (Å²) in [5, 5.41) is 2.88. The van der Waals surface area contributed by atoms with Crippen molar-refractivity contribution in [2.24, 2.45) is 0 Å². The fourth-order valence-corrected chi connectivity index (χ4v) is 1.72. The molecular weight excluding hydrogens is 269 g/mol. The normalized spacial score (nSPS) is 11.2. The minimum absolute atomic E-state index is 0.294. The molecular formula is C14H13F3N2O. The molecule has 0 heterocycles. The highest BCUT2D eigenvalue weighted by Crippen LogP contribution is 2.35. The summed E-state index contributed by atoms with van der Waals surface area (Å²) in [6, 6.07) is 10.6. The average molecular weight is 282 g/mol. The minimum atomic E-state index is -4.47. The van der Waals surface area contributed by atoms with Gasteiger partial charge < -0.3 is 15.8 Å². The van der Waals surface area contributed by atoms with Crippen molar-refractivity contribution in [3.63, 3.8) is 0 Å². The quantitative estimate of drug-likeness (QED) is 0.835. The molecule has 3 N–H and O–H groups in total. The fraction of sp³-hybridized carbons (Fsp3) is 0.143.